The van der Waals surface area contributed by atoms with E-state index in [0.717, 1.165) is 22.0 Å². The van der Waals surface area contributed by atoms with Crippen molar-refractivity contribution in [3.63, 3.8) is 0 Å². The number of carbonyl (C=O) groups is 1. The van der Waals surface area contributed by atoms with Gasteiger partial charge in [0.1, 0.15) is 6.10 Å². The molecule has 1 aliphatic heterocycles. The average molecular weight is 391 g/mol. The number of benzene rings is 3. The molecule has 3 aromatic carbocycles. The standard InChI is InChI=1S/C22H15BrO2/c23-17-6-3-5-15(12-17)21-22(25-21)20(24)14-8-9-19-16(11-14)10-13-4-1-2-7-18(13)19/h1-9,11-12,21-22H,10H2/t21-,22+/m1/s1. The summed E-state index contributed by atoms with van der Waals surface area (Å²) in [6.07, 6.45) is 0.402. The minimum Gasteiger partial charge on any atom is -0.356 e. The molecule has 1 heterocycles. The Bertz CT molecular complexity index is 1010. The molecule has 0 saturated carbocycles. The molecule has 1 fully saturated rings. The molecule has 0 spiro atoms. The minimum absolute atomic E-state index is 0.0729. The highest BCUT2D eigenvalue weighted by atomic mass is 79.9. The third-order valence-electron chi connectivity index (χ3n) is 5.01. The van der Waals surface area contributed by atoms with Gasteiger partial charge in [-0.2, -0.15) is 0 Å². The Kier molecular flexibility index (Phi) is 3.40. The second kappa shape index (κ2) is 5.65. The van der Waals surface area contributed by atoms with Gasteiger partial charge < -0.3 is 4.74 Å². The molecule has 0 aromatic heterocycles. The molecule has 0 N–H and O–H groups in total. The van der Waals surface area contributed by atoms with Crippen molar-refractivity contribution in [1.29, 1.82) is 0 Å². The lowest BCUT2D eigenvalue weighted by molar-refractivity contribution is 0.0953. The molecule has 0 amide bonds. The van der Waals surface area contributed by atoms with Crippen molar-refractivity contribution in [2.24, 2.45) is 0 Å². The average Bonchev–Trinajstić information content (AvgIpc) is 3.35. The Hall–Kier alpha value is -2.23. The molecule has 0 unspecified atom stereocenters. The van der Waals surface area contributed by atoms with E-state index in [0.29, 0.717) is 0 Å². The maximum atomic E-state index is 12.8. The summed E-state index contributed by atoms with van der Waals surface area (Å²) in [6, 6.07) is 22.4. The van der Waals surface area contributed by atoms with Crippen molar-refractivity contribution in [2.75, 3.05) is 0 Å². The largest absolute Gasteiger partial charge is 0.356 e. The number of rotatable bonds is 3. The van der Waals surface area contributed by atoms with E-state index in [1.165, 1.54) is 22.3 Å². The Labute approximate surface area is 154 Å². The van der Waals surface area contributed by atoms with Crippen LogP contribution in [0.2, 0.25) is 0 Å². The Morgan fingerprint density at radius 2 is 1.76 bits per heavy atom. The predicted molar refractivity (Wildman–Crippen MR) is 101 cm³/mol. The van der Waals surface area contributed by atoms with Crippen LogP contribution < -0.4 is 0 Å². The Balaban J connectivity index is 1.40. The van der Waals surface area contributed by atoms with Crippen LogP contribution in [-0.2, 0) is 11.2 Å². The second-order valence-corrected chi connectivity index (χ2v) is 7.52. The lowest BCUT2D eigenvalue weighted by Crippen LogP contribution is -2.08. The summed E-state index contributed by atoms with van der Waals surface area (Å²) in [6.45, 7) is 0. The highest BCUT2D eigenvalue weighted by Crippen LogP contribution is 2.42. The lowest BCUT2D eigenvalue weighted by Gasteiger charge is -2.04. The summed E-state index contributed by atoms with van der Waals surface area (Å²) in [5.41, 5.74) is 6.87. The van der Waals surface area contributed by atoms with Crippen LogP contribution in [0.4, 0.5) is 0 Å². The van der Waals surface area contributed by atoms with E-state index in [1.807, 2.05) is 36.4 Å². The maximum absolute atomic E-state index is 12.8. The molecule has 122 valence electrons. The fourth-order valence-electron chi connectivity index (χ4n) is 3.71. The van der Waals surface area contributed by atoms with Crippen molar-refractivity contribution in [3.8, 4) is 11.1 Å². The maximum Gasteiger partial charge on any atom is 0.194 e. The van der Waals surface area contributed by atoms with E-state index in [1.54, 1.807) is 0 Å². The molecule has 1 aliphatic carbocycles. The number of ether oxygens (including phenoxy) is 1. The van der Waals surface area contributed by atoms with E-state index in [9.17, 15) is 4.79 Å². The third kappa shape index (κ3) is 2.55. The topological polar surface area (TPSA) is 29.6 Å². The van der Waals surface area contributed by atoms with E-state index in [-0.39, 0.29) is 18.0 Å². The molecule has 25 heavy (non-hydrogen) atoms. The number of hydrogen-bond acceptors (Lipinski definition) is 2. The fourth-order valence-corrected chi connectivity index (χ4v) is 4.13. The number of Topliss-reactive ketones (excluding diaryl/α,β-unsaturated/α-hetero) is 1. The summed E-state index contributed by atoms with van der Waals surface area (Å²) in [7, 11) is 0. The smallest absolute Gasteiger partial charge is 0.194 e. The SMILES string of the molecule is O=C(c1ccc2c(c1)Cc1ccccc1-2)[C@@H]1O[C@@H]1c1cccc(Br)c1. The van der Waals surface area contributed by atoms with Gasteiger partial charge in [0.05, 0.1) is 0 Å². The number of epoxide rings is 1. The van der Waals surface area contributed by atoms with Crippen LogP contribution in [0.1, 0.15) is 33.2 Å². The second-order valence-electron chi connectivity index (χ2n) is 6.60. The van der Waals surface area contributed by atoms with Gasteiger partial charge in [-0.15, -0.1) is 0 Å². The molecule has 2 nitrogen and oxygen atoms in total. The van der Waals surface area contributed by atoms with Crippen LogP contribution in [-0.4, -0.2) is 11.9 Å². The Morgan fingerprint density at radius 3 is 2.64 bits per heavy atom. The van der Waals surface area contributed by atoms with Crippen molar-refractivity contribution < 1.29 is 9.53 Å². The summed E-state index contributed by atoms with van der Waals surface area (Å²) < 4.78 is 6.69. The van der Waals surface area contributed by atoms with Crippen molar-refractivity contribution >= 4 is 21.7 Å². The van der Waals surface area contributed by atoms with Gasteiger partial charge in [0.25, 0.3) is 0 Å². The molecule has 3 aromatic rings. The zero-order chi connectivity index (χ0) is 17.0. The molecule has 2 aliphatic rings. The number of halogens is 1. The highest BCUT2D eigenvalue weighted by molar-refractivity contribution is 9.10. The molecular weight excluding hydrogens is 376 g/mol. The Morgan fingerprint density at radius 1 is 0.920 bits per heavy atom. The number of carbonyl (C=O) groups excluding carboxylic acids is 1. The van der Waals surface area contributed by atoms with Crippen molar-refractivity contribution in [1.82, 2.24) is 0 Å². The monoisotopic (exact) mass is 390 g/mol. The summed E-state index contributed by atoms with van der Waals surface area (Å²) in [4.78, 5) is 12.8. The van der Waals surface area contributed by atoms with Gasteiger partial charge in [0.2, 0.25) is 0 Å². The van der Waals surface area contributed by atoms with E-state index < -0.39 is 0 Å². The van der Waals surface area contributed by atoms with Gasteiger partial charge in [-0.25, -0.2) is 0 Å². The molecular formula is C22H15BrO2. The van der Waals surface area contributed by atoms with Crippen LogP contribution >= 0.6 is 15.9 Å². The van der Waals surface area contributed by atoms with Crippen LogP contribution in [0.3, 0.4) is 0 Å². The first-order valence-corrected chi connectivity index (χ1v) is 9.16. The van der Waals surface area contributed by atoms with Gasteiger partial charge in [0, 0.05) is 10.0 Å². The zero-order valence-corrected chi connectivity index (χ0v) is 15.0. The molecule has 0 radical (unpaired) electrons. The van der Waals surface area contributed by atoms with Crippen molar-refractivity contribution in [3.05, 3.63) is 93.5 Å². The molecule has 0 bridgehead atoms. The molecule has 3 heteroatoms. The van der Waals surface area contributed by atoms with Gasteiger partial charge in [-0.05, 0) is 52.4 Å². The van der Waals surface area contributed by atoms with Crippen LogP contribution in [0.5, 0.6) is 0 Å². The number of hydrogen-bond donors (Lipinski definition) is 0. The van der Waals surface area contributed by atoms with Crippen molar-refractivity contribution in [2.45, 2.75) is 18.6 Å². The predicted octanol–water partition coefficient (Wildman–Crippen LogP) is 5.34. The summed E-state index contributed by atoms with van der Waals surface area (Å²) in [5.74, 6) is 0.0729. The normalized spacial score (nSPS) is 20.0. The van der Waals surface area contributed by atoms with Crippen LogP contribution in [0, 0.1) is 0 Å². The van der Waals surface area contributed by atoms with Crippen LogP contribution in [0.15, 0.2) is 71.2 Å². The highest BCUT2D eigenvalue weighted by Gasteiger charge is 2.46. The van der Waals surface area contributed by atoms with Gasteiger partial charge in [-0.3, -0.25) is 4.79 Å². The first-order chi connectivity index (χ1) is 12.2. The first-order valence-electron chi connectivity index (χ1n) is 8.37. The lowest BCUT2D eigenvalue weighted by atomic mass is 9.98. The first kappa shape index (κ1) is 15.1. The van der Waals surface area contributed by atoms with Gasteiger partial charge >= 0.3 is 0 Å². The van der Waals surface area contributed by atoms with E-state index in [4.69, 9.17) is 4.74 Å². The number of ketones is 1. The minimum atomic E-state index is -0.365. The third-order valence-corrected chi connectivity index (χ3v) is 5.50. The molecule has 1 saturated heterocycles. The fraction of sp³-hybridized carbons (Fsp3) is 0.136. The zero-order valence-electron chi connectivity index (χ0n) is 13.4. The van der Waals surface area contributed by atoms with E-state index in [2.05, 4.69) is 46.3 Å². The summed E-state index contributed by atoms with van der Waals surface area (Å²) in [5, 5.41) is 0. The number of fused-ring (bicyclic) bond motifs is 3. The molecule has 2 atom stereocenters. The van der Waals surface area contributed by atoms with Crippen LogP contribution in [0.25, 0.3) is 11.1 Å². The van der Waals surface area contributed by atoms with E-state index >= 15 is 0 Å². The van der Waals surface area contributed by atoms with Gasteiger partial charge in [-0.1, -0.05) is 64.5 Å². The van der Waals surface area contributed by atoms with Gasteiger partial charge in [0.15, 0.2) is 11.9 Å². The summed E-state index contributed by atoms with van der Waals surface area (Å²) >= 11 is 3.47. The molecule has 5 rings (SSSR count). The quantitative estimate of drug-likeness (QED) is 0.348.